The molecule has 44 heavy (non-hydrogen) atoms. The van der Waals surface area contributed by atoms with Gasteiger partial charge in [0.25, 0.3) is 0 Å². The van der Waals surface area contributed by atoms with Crippen LogP contribution in [0.4, 0.5) is 5.69 Å². The van der Waals surface area contributed by atoms with E-state index >= 15 is 4.79 Å². The summed E-state index contributed by atoms with van der Waals surface area (Å²) in [6.45, 7) is 0. The maximum absolute atomic E-state index is 15.2. The second kappa shape index (κ2) is 10.6. The number of aromatic hydroxyl groups is 1. The van der Waals surface area contributed by atoms with E-state index in [4.69, 9.17) is 16.3 Å². The van der Waals surface area contributed by atoms with Gasteiger partial charge in [0.15, 0.2) is 11.5 Å². The fraction of sp³-hybridized carbons (Fsp3) is 0.273. The number of ether oxygens (including phenoxy) is 1. The van der Waals surface area contributed by atoms with Crippen LogP contribution < -0.4 is 15.0 Å². The Hall–Kier alpha value is -3.47. The zero-order chi connectivity index (χ0) is 31.1. The number of rotatable bonds is 4. The smallest absolute Gasteiger partial charge is 0.246 e. The first-order chi connectivity index (χ1) is 21.1. The first-order valence-corrected chi connectivity index (χ1v) is 16.1. The molecule has 0 unspecified atom stereocenters. The number of carbonyl (C=O) groups is 4. The van der Waals surface area contributed by atoms with Crippen LogP contribution in [0.15, 0.2) is 81.3 Å². The summed E-state index contributed by atoms with van der Waals surface area (Å²) < 4.78 is 6.34. The fourth-order valence-corrected chi connectivity index (χ4v) is 9.12. The monoisotopic (exact) mass is 738 g/mol. The standard InChI is InChI=1S/C33H25Br2ClN2O6/c1-44-23-14-21(26(34)27(35)28(23)39)25-18-10-11-19-24(30(41)37-29(19)40)20(18)13-22-31(42)38(17-9-5-8-16(36)12-17)32(43)33(22,25)15-6-3-2-4-7-15/h2-10,12,14,19-20,22,24-25,39H,11,13H2,1H3,(H,37,40,41)/t19-,20+,22-,24-,25+,33+/m0/s1. The van der Waals surface area contributed by atoms with Crippen LogP contribution in [0.2, 0.25) is 5.02 Å². The molecular formula is C33H25Br2ClN2O6. The molecule has 2 N–H and O–H groups in total. The number of allylic oxidation sites excluding steroid dienone is 2. The Morgan fingerprint density at radius 3 is 2.43 bits per heavy atom. The predicted octanol–water partition coefficient (Wildman–Crippen LogP) is 6.03. The minimum Gasteiger partial charge on any atom is -0.503 e. The number of methoxy groups -OCH3 is 1. The van der Waals surface area contributed by atoms with E-state index in [1.165, 1.54) is 12.0 Å². The Morgan fingerprint density at radius 1 is 0.977 bits per heavy atom. The SMILES string of the molecule is COc1cc([C@H]2C3=CC[C@@H]4C(=O)NC(=O)[C@@H]4[C@@H]3C[C@H]3C(=O)N(c4cccc(Cl)c4)C(=O)[C@@]23c2ccccc2)c(Br)c(Br)c1O. The van der Waals surface area contributed by atoms with Crippen molar-refractivity contribution in [2.45, 2.75) is 24.2 Å². The second-order valence-corrected chi connectivity index (χ2v) is 13.6. The van der Waals surface area contributed by atoms with Crippen molar-refractivity contribution in [1.82, 2.24) is 5.32 Å². The summed E-state index contributed by atoms with van der Waals surface area (Å²) >= 11 is 13.5. The lowest BCUT2D eigenvalue weighted by atomic mass is 9.49. The van der Waals surface area contributed by atoms with Crippen LogP contribution in [0.25, 0.3) is 0 Å². The molecule has 3 aromatic rings. The molecule has 224 valence electrons. The minimum atomic E-state index is -1.45. The molecule has 6 atom stereocenters. The van der Waals surface area contributed by atoms with Crippen molar-refractivity contribution < 1.29 is 29.0 Å². The summed E-state index contributed by atoms with van der Waals surface area (Å²) in [5.74, 6) is -4.87. The van der Waals surface area contributed by atoms with Crippen LogP contribution in [-0.2, 0) is 24.6 Å². The number of anilines is 1. The van der Waals surface area contributed by atoms with Gasteiger partial charge in [0.05, 0.1) is 40.4 Å². The molecule has 3 aromatic carbocycles. The number of phenols is 1. The molecule has 4 amide bonds. The number of nitrogens with one attached hydrogen (secondary N) is 1. The second-order valence-electron chi connectivity index (χ2n) is 11.6. The van der Waals surface area contributed by atoms with Gasteiger partial charge in [0.1, 0.15) is 0 Å². The molecule has 4 aliphatic rings. The van der Waals surface area contributed by atoms with Crippen molar-refractivity contribution >= 4 is 72.8 Å². The number of fused-ring (bicyclic) bond motifs is 4. The topological polar surface area (TPSA) is 113 Å². The van der Waals surface area contributed by atoms with Crippen LogP contribution in [0, 0.1) is 23.7 Å². The molecule has 2 heterocycles. The van der Waals surface area contributed by atoms with Gasteiger partial charge in [-0.15, -0.1) is 0 Å². The molecule has 0 spiro atoms. The lowest BCUT2D eigenvalue weighted by Crippen LogP contribution is -2.53. The van der Waals surface area contributed by atoms with Gasteiger partial charge in [-0.3, -0.25) is 24.5 Å². The van der Waals surface area contributed by atoms with E-state index in [1.807, 2.05) is 36.4 Å². The number of hydrogen-bond acceptors (Lipinski definition) is 6. The van der Waals surface area contributed by atoms with Crippen molar-refractivity contribution in [2.75, 3.05) is 12.0 Å². The number of benzene rings is 3. The number of halogens is 3. The van der Waals surface area contributed by atoms with Crippen LogP contribution in [0.5, 0.6) is 11.5 Å². The van der Waals surface area contributed by atoms with Gasteiger partial charge in [-0.1, -0.05) is 59.6 Å². The number of amides is 4. The van der Waals surface area contributed by atoms with Crippen molar-refractivity contribution in [2.24, 2.45) is 23.7 Å². The minimum absolute atomic E-state index is 0.131. The molecule has 8 nitrogen and oxygen atoms in total. The van der Waals surface area contributed by atoms with E-state index in [0.717, 1.165) is 5.57 Å². The largest absolute Gasteiger partial charge is 0.503 e. The van der Waals surface area contributed by atoms with Crippen molar-refractivity contribution in [3.8, 4) is 11.5 Å². The molecule has 0 aromatic heterocycles. The quantitative estimate of drug-likeness (QED) is 0.250. The van der Waals surface area contributed by atoms with Gasteiger partial charge in [-0.25, -0.2) is 4.90 Å². The molecular weight excluding hydrogens is 716 g/mol. The average Bonchev–Trinajstić information content (AvgIpc) is 3.44. The number of hydrogen-bond donors (Lipinski definition) is 2. The van der Waals surface area contributed by atoms with Crippen LogP contribution in [0.1, 0.15) is 29.9 Å². The maximum atomic E-state index is 15.2. The van der Waals surface area contributed by atoms with E-state index in [2.05, 4.69) is 37.2 Å². The summed E-state index contributed by atoms with van der Waals surface area (Å²) in [4.78, 5) is 57.2. The van der Waals surface area contributed by atoms with E-state index < -0.39 is 46.8 Å². The lowest BCUT2D eigenvalue weighted by molar-refractivity contribution is -0.128. The Bertz CT molecular complexity index is 1810. The van der Waals surface area contributed by atoms with Gasteiger partial charge >= 0.3 is 0 Å². The number of imide groups is 2. The van der Waals surface area contributed by atoms with E-state index in [0.29, 0.717) is 37.2 Å². The summed E-state index contributed by atoms with van der Waals surface area (Å²) in [6, 6.07) is 17.5. The maximum Gasteiger partial charge on any atom is 0.246 e. The van der Waals surface area contributed by atoms with Gasteiger partial charge < -0.3 is 9.84 Å². The highest BCUT2D eigenvalue weighted by atomic mass is 79.9. The van der Waals surface area contributed by atoms with Gasteiger partial charge in [-0.2, -0.15) is 0 Å². The molecule has 2 aliphatic carbocycles. The molecule has 0 radical (unpaired) electrons. The van der Waals surface area contributed by atoms with Gasteiger partial charge in [-0.05, 0) is 86.0 Å². The van der Waals surface area contributed by atoms with Crippen LogP contribution in [-0.4, -0.2) is 35.8 Å². The Morgan fingerprint density at radius 2 is 1.73 bits per heavy atom. The first kappa shape index (κ1) is 29.3. The molecule has 0 bridgehead atoms. The zero-order valence-electron chi connectivity index (χ0n) is 23.2. The molecule has 7 rings (SSSR count). The third kappa shape index (κ3) is 3.93. The van der Waals surface area contributed by atoms with Crippen molar-refractivity contribution in [3.05, 3.63) is 97.4 Å². The van der Waals surface area contributed by atoms with Crippen molar-refractivity contribution in [1.29, 1.82) is 0 Å². The Labute approximate surface area is 274 Å². The first-order valence-electron chi connectivity index (χ1n) is 14.1. The Kier molecular flexibility index (Phi) is 7.02. The summed E-state index contributed by atoms with van der Waals surface area (Å²) in [5.41, 5.74) is 0.933. The summed E-state index contributed by atoms with van der Waals surface area (Å²) in [5, 5.41) is 13.7. The molecule has 2 aliphatic heterocycles. The van der Waals surface area contributed by atoms with E-state index in [9.17, 15) is 19.5 Å². The lowest BCUT2D eigenvalue weighted by Gasteiger charge is -2.51. The molecule has 1 saturated carbocycles. The van der Waals surface area contributed by atoms with Gasteiger partial charge in [0.2, 0.25) is 23.6 Å². The molecule has 11 heteroatoms. The molecule has 3 fully saturated rings. The normalized spacial score (nSPS) is 29.1. The highest BCUT2D eigenvalue weighted by molar-refractivity contribution is 9.13. The fourth-order valence-electron chi connectivity index (χ4n) is 7.98. The van der Waals surface area contributed by atoms with Gasteiger partial charge in [0, 0.05) is 15.4 Å². The summed E-state index contributed by atoms with van der Waals surface area (Å²) in [7, 11) is 1.43. The zero-order valence-corrected chi connectivity index (χ0v) is 27.1. The molecule has 2 saturated heterocycles. The Balaban J connectivity index is 1.57. The van der Waals surface area contributed by atoms with Crippen LogP contribution in [0.3, 0.4) is 0 Å². The predicted molar refractivity (Wildman–Crippen MR) is 169 cm³/mol. The average molecular weight is 741 g/mol. The highest BCUT2D eigenvalue weighted by Gasteiger charge is 2.70. The third-order valence-corrected chi connectivity index (χ3v) is 12.1. The van der Waals surface area contributed by atoms with Crippen molar-refractivity contribution in [3.63, 3.8) is 0 Å². The third-order valence-electron chi connectivity index (χ3n) is 9.71. The highest BCUT2D eigenvalue weighted by Crippen LogP contribution is 2.65. The number of phenolic OH excluding ortho intramolecular Hbond substituents is 1. The van der Waals surface area contributed by atoms with E-state index in [1.54, 1.807) is 30.3 Å². The number of carbonyl (C=O) groups excluding carboxylic acids is 4. The summed E-state index contributed by atoms with van der Waals surface area (Å²) in [6.07, 6.45) is 2.47. The van der Waals surface area contributed by atoms with E-state index in [-0.39, 0.29) is 29.7 Å². The van der Waals surface area contributed by atoms with Crippen LogP contribution >= 0.6 is 43.5 Å². The number of nitrogens with zero attached hydrogens (tertiary/aromatic N) is 1.